The van der Waals surface area contributed by atoms with Gasteiger partial charge in [0.05, 0.1) is 0 Å². The summed E-state index contributed by atoms with van der Waals surface area (Å²) in [7, 11) is 0. The second-order valence-corrected chi connectivity index (χ2v) is 5.50. The van der Waals surface area contributed by atoms with Crippen LogP contribution in [0.2, 0.25) is 0 Å². The molecular formula is C16H19BrN2. The molecule has 0 saturated heterocycles. The van der Waals surface area contributed by atoms with Crippen molar-refractivity contribution >= 4 is 15.9 Å². The van der Waals surface area contributed by atoms with Crippen molar-refractivity contribution in [2.24, 2.45) is 0 Å². The van der Waals surface area contributed by atoms with Gasteiger partial charge in [-0.3, -0.25) is 4.98 Å². The van der Waals surface area contributed by atoms with Crippen LogP contribution in [0.4, 0.5) is 0 Å². The molecule has 1 aromatic carbocycles. The number of rotatable bonds is 5. The van der Waals surface area contributed by atoms with Gasteiger partial charge in [-0.05, 0) is 42.8 Å². The summed E-state index contributed by atoms with van der Waals surface area (Å²) in [5.41, 5.74) is 3.67. The number of halogens is 1. The van der Waals surface area contributed by atoms with Crippen LogP contribution in [0.25, 0.3) is 0 Å². The van der Waals surface area contributed by atoms with E-state index < -0.39 is 0 Å². The maximum absolute atomic E-state index is 4.41. The summed E-state index contributed by atoms with van der Waals surface area (Å²) in [5.74, 6) is 0. The van der Waals surface area contributed by atoms with Crippen LogP contribution in [0.1, 0.15) is 29.8 Å². The van der Waals surface area contributed by atoms with Gasteiger partial charge < -0.3 is 5.32 Å². The fraction of sp³-hybridized carbons (Fsp3) is 0.312. The second kappa shape index (κ2) is 6.83. The maximum atomic E-state index is 4.41. The van der Waals surface area contributed by atoms with Crippen LogP contribution in [0, 0.1) is 6.92 Å². The zero-order valence-electron chi connectivity index (χ0n) is 11.4. The summed E-state index contributed by atoms with van der Waals surface area (Å²) in [6.07, 6.45) is 2.76. The molecule has 0 radical (unpaired) electrons. The fourth-order valence-corrected chi connectivity index (χ4v) is 2.50. The van der Waals surface area contributed by atoms with Gasteiger partial charge >= 0.3 is 0 Å². The van der Waals surface area contributed by atoms with Gasteiger partial charge in [-0.15, -0.1) is 0 Å². The SMILES string of the molecule is CCNC(Cc1ccccn1)c1ccc(C)c(Br)c1. The van der Waals surface area contributed by atoms with Gasteiger partial charge in [0.2, 0.25) is 0 Å². The number of benzene rings is 1. The Kier molecular flexibility index (Phi) is 5.11. The summed E-state index contributed by atoms with van der Waals surface area (Å²) in [5, 5.41) is 3.53. The second-order valence-electron chi connectivity index (χ2n) is 4.64. The number of nitrogens with zero attached hydrogens (tertiary/aromatic N) is 1. The monoisotopic (exact) mass is 318 g/mol. The molecular weight excluding hydrogens is 300 g/mol. The molecule has 0 aliphatic heterocycles. The van der Waals surface area contributed by atoms with Gasteiger partial charge in [0.25, 0.3) is 0 Å². The van der Waals surface area contributed by atoms with E-state index in [1.165, 1.54) is 11.1 Å². The fourth-order valence-electron chi connectivity index (χ4n) is 2.11. The molecule has 0 aliphatic carbocycles. The van der Waals surface area contributed by atoms with Crippen LogP contribution in [-0.2, 0) is 6.42 Å². The van der Waals surface area contributed by atoms with Crippen LogP contribution >= 0.6 is 15.9 Å². The van der Waals surface area contributed by atoms with Crippen molar-refractivity contribution in [2.45, 2.75) is 26.3 Å². The van der Waals surface area contributed by atoms with E-state index in [4.69, 9.17) is 0 Å². The molecule has 2 aromatic rings. The van der Waals surface area contributed by atoms with Gasteiger partial charge in [0.15, 0.2) is 0 Å². The topological polar surface area (TPSA) is 24.9 Å². The zero-order valence-corrected chi connectivity index (χ0v) is 12.9. The quantitative estimate of drug-likeness (QED) is 0.899. The molecule has 3 heteroatoms. The molecule has 1 heterocycles. The van der Waals surface area contributed by atoms with Crippen molar-refractivity contribution < 1.29 is 0 Å². The third-order valence-corrected chi connectivity index (χ3v) is 4.04. The van der Waals surface area contributed by atoms with Gasteiger partial charge in [-0.2, -0.15) is 0 Å². The molecule has 100 valence electrons. The molecule has 0 amide bonds. The lowest BCUT2D eigenvalue weighted by Gasteiger charge is -2.19. The lowest BCUT2D eigenvalue weighted by atomic mass is 10.0. The van der Waals surface area contributed by atoms with Crippen molar-refractivity contribution in [2.75, 3.05) is 6.54 Å². The Morgan fingerprint density at radius 2 is 2.11 bits per heavy atom. The molecule has 1 unspecified atom stereocenters. The minimum absolute atomic E-state index is 0.303. The number of hydrogen-bond acceptors (Lipinski definition) is 2. The van der Waals surface area contributed by atoms with Gasteiger partial charge in [-0.25, -0.2) is 0 Å². The highest BCUT2D eigenvalue weighted by molar-refractivity contribution is 9.10. The number of aryl methyl sites for hydroxylation is 1. The smallest absolute Gasteiger partial charge is 0.0422 e. The first-order valence-electron chi connectivity index (χ1n) is 6.60. The Morgan fingerprint density at radius 1 is 1.26 bits per heavy atom. The minimum atomic E-state index is 0.303. The zero-order chi connectivity index (χ0) is 13.7. The Balaban J connectivity index is 2.21. The van der Waals surface area contributed by atoms with E-state index in [-0.39, 0.29) is 0 Å². The van der Waals surface area contributed by atoms with Crippen molar-refractivity contribution in [1.82, 2.24) is 10.3 Å². The normalized spacial score (nSPS) is 12.4. The van der Waals surface area contributed by atoms with E-state index in [9.17, 15) is 0 Å². The molecule has 0 fully saturated rings. The molecule has 2 nitrogen and oxygen atoms in total. The van der Waals surface area contributed by atoms with Crippen LogP contribution in [0.5, 0.6) is 0 Å². The van der Waals surface area contributed by atoms with Crippen LogP contribution in [-0.4, -0.2) is 11.5 Å². The standard InChI is InChI=1S/C16H19BrN2/c1-3-18-16(11-14-6-4-5-9-19-14)13-8-7-12(2)15(17)10-13/h4-10,16,18H,3,11H2,1-2H3. The summed E-state index contributed by atoms with van der Waals surface area (Å²) in [4.78, 5) is 4.41. The molecule has 1 atom stereocenters. The molecule has 1 N–H and O–H groups in total. The maximum Gasteiger partial charge on any atom is 0.0422 e. The van der Waals surface area contributed by atoms with Crippen molar-refractivity contribution in [3.8, 4) is 0 Å². The van der Waals surface area contributed by atoms with Gasteiger partial charge in [0, 0.05) is 28.8 Å². The molecule has 1 aromatic heterocycles. The van der Waals surface area contributed by atoms with Crippen molar-refractivity contribution in [3.05, 3.63) is 63.9 Å². The first-order chi connectivity index (χ1) is 9.20. The number of pyridine rings is 1. The van der Waals surface area contributed by atoms with E-state index in [2.05, 4.69) is 64.3 Å². The lowest BCUT2D eigenvalue weighted by molar-refractivity contribution is 0.544. The number of likely N-dealkylation sites (N-methyl/N-ethyl adjacent to an activating group) is 1. The van der Waals surface area contributed by atoms with Crippen LogP contribution in [0.3, 0.4) is 0 Å². The predicted molar refractivity (Wildman–Crippen MR) is 83.2 cm³/mol. The predicted octanol–water partition coefficient (Wildman–Crippen LogP) is 4.05. The molecule has 2 rings (SSSR count). The molecule has 0 spiro atoms. The highest BCUT2D eigenvalue weighted by atomic mass is 79.9. The van der Waals surface area contributed by atoms with Crippen molar-refractivity contribution in [1.29, 1.82) is 0 Å². The molecule has 0 bridgehead atoms. The number of hydrogen-bond donors (Lipinski definition) is 1. The lowest BCUT2D eigenvalue weighted by Crippen LogP contribution is -2.23. The third kappa shape index (κ3) is 3.88. The van der Waals surface area contributed by atoms with Crippen LogP contribution < -0.4 is 5.32 Å². The molecule has 19 heavy (non-hydrogen) atoms. The average Bonchev–Trinajstić information content (AvgIpc) is 2.43. The van der Waals surface area contributed by atoms with Crippen LogP contribution in [0.15, 0.2) is 47.1 Å². The van der Waals surface area contributed by atoms with E-state index in [1.807, 2.05) is 18.3 Å². The minimum Gasteiger partial charge on any atom is -0.310 e. The summed E-state index contributed by atoms with van der Waals surface area (Å²) >= 11 is 3.61. The largest absolute Gasteiger partial charge is 0.310 e. The van der Waals surface area contributed by atoms with E-state index in [1.54, 1.807) is 0 Å². The highest BCUT2D eigenvalue weighted by Crippen LogP contribution is 2.23. The Labute approximate surface area is 123 Å². The Bertz CT molecular complexity index is 526. The van der Waals surface area contributed by atoms with Gasteiger partial charge in [-0.1, -0.05) is 41.1 Å². The first kappa shape index (κ1) is 14.2. The van der Waals surface area contributed by atoms with Crippen molar-refractivity contribution in [3.63, 3.8) is 0 Å². The Hall–Kier alpha value is -1.19. The average molecular weight is 319 g/mol. The third-order valence-electron chi connectivity index (χ3n) is 3.19. The number of aromatic nitrogens is 1. The highest BCUT2D eigenvalue weighted by Gasteiger charge is 2.12. The number of nitrogens with one attached hydrogen (secondary N) is 1. The Morgan fingerprint density at radius 3 is 2.74 bits per heavy atom. The molecule has 0 aliphatic rings. The molecule has 0 saturated carbocycles. The summed E-state index contributed by atoms with van der Waals surface area (Å²) < 4.78 is 1.16. The summed E-state index contributed by atoms with van der Waals surface area (Å²) in [6, 6.07) is 12.9. The van der Waals surface area contributed by atoms with E-state index in [0.29, 0.717) is 6.04 Å². The van der Waals surface area contributed by atoms with Gasteiger partial charge in [0.1, 0.15) is 0 Å². The summed E-state index contributed by atoms with van der Waals surface area (Å²) in [6.45, 7) is 5.19. The van der Waals surface area contributed by atoms with E-state index >= 15 is 0 Å². The first-order valence-corrected chi connectivity index (χ1v) is 7.39. The van der Waals surface area contributed by atoms with E-state index in [0.717, 1.165) is 23.1 Å².